The summed E-state index contributed by atoms with van der Waals surface area (Å²) >= 11 is 0. The number of allylic oxidation sites excluding steroid dienone is 2. The number of ether oxygens (including phenoxy) is 1. The Bertz CT molecular complexity index is 426. The number of carbonyl (C=O) groups is 1. The second kappa shape index (κ2) is 7.40. The van der Waals surface area contributed by atoms with Crippen molar-refractivity contribution in [3.63, 3.8) is 0 Å². The fourth-order valence-corrected chi connectivity index (χ4v) is 1.50. The quantitative estimate of drug-likeness (QED) is 0.618. The Morgan fingerprint density at radius 2 is 2.39 bits per heavy atom. The first-order valence-corrected chi connectivity index (χ1v) is 5.69. The van der Waals surface area contributed by atoms with Gasteiger partial charge in [-0.25, -0.2) is 0 Å². The number of pyridine rings is 1. The molecule has 0 aliphatic rings. The van der Waals surface area contributed by atoms with Gasteiger partial charge in [0.1, 0.15) is 6.10 Å². The molecule has 1 heterocycles. The van der Waals surface area contributed by atoms with Gasteiger partial charge in [-0.15, -0.1) is 0 Å². The molecule has 0 unspecified atom stereocenters. The van der Waals surface area contributed by atoms with Crippen molar-refractivity contribution in [2.24, 2.45) is 0 Å². The van der Waals surface area contributed by atoms with Crippen LogP contribution in [-0.2, 0) is 9.53 Å². The number of aromatic nitrogens is 1. The Hall–Kier alpha value is -1.94. The zero-order chi connectivity index (χ0) is 13.4. The standard InChI is InChI=1S/C14H17NO3/c1-3-6-12(8-10-18-11(2)16)14(17)13-7-4-5-9-15-13/h3-7,9,14,17H,1,8,10H2,2H3/b12-6+/t14-/m0/s1. The Morgan fingerprint density at radius 1 is 1.61 bits per heavy atom. The lowest BCUT2D eigenvalue weighted by atomic mass is 10.0. The van der Waals surface area contributed by atoms with Crippen molar-refractivity contribution in [3.05, 3.63) is 54.4 Å². The van der Waals surface area contributed by atoms with Gasteiger partial charge < -0.3 is 9.84 Å². The van der Waals surface area contributed by atoms with Crippen LogP contribution in [0.5, 0.6) is 0 Å². The molecule has 0 radical (unpaired) electrons. The van der Waals surface area contributed by atoms with Gasteiger partial charge in [-0.2, -0.15) is 0 Å². The minimum atomic E-state index is -0.806. The number of hydrogen-bond acceptors (Lipinski definition) is 4. The van der Waals surface area contributed by atoms with Crippen LogP contribution in [0.3, 0.4) is 0 Å². The van der Waals surface area contributed by atoms with E-state index in [0.29, 0.717) is 17.7 Å². The van der Waals surface area contributed by atoms with Gasteiger partial charge in [0.25, 0.3) is 0 Å². The van der Waals surface area contributed by atoms with Gasteiger partial charge in [-0.3, -0.25) is 9.78 Å². The van der Waals surface area contributed by atoms with Crippen molar-refractivity contribution >= 4 is 5.97 Å². The number of aliphatic hydroxyl groups is 1. The molecular formula is C14H17NO3. The SMILES string of the molecule is C=C/C=C(\CCOC(C)=O)[C@H](O)c1ccccn1. The van der Waals surface area contributed by atoms with Crippen molar-refractivity contribution in [3.8, 4) is 0 Å². The van der Waals surface area contributed by atoms with Crippen LogP contribution < -0.4 is 0 Å². The summed E-state index contributed by atoms with van der Waals surface area (Å²) in [6.45, 7) is 5.19. The Kier molecular flexibility index (Phi) is 5.80. The predicted molar refractivity (Wildman–Crippen MR) is 68.7 cm³/mol. The summed E-state index contributed by atoms with van der Waals surface area (Å²) in [5.41, 5.74) is 1.28. The van der Waals surface area contributed by atoms with E-state index in [2.05, 4.69) is 11.6 Å². The highest BCUT2D eigenvalue weighted by Crippen LogP contribution is 2.22. The van der Waals surface area contributed by atoms with Crippen molar-refractivity contribution < 1.29 is 14.6 Å². The first-order valence-electron chi connectivity index (χ1n) is 5.69. The zero-order valence-electron chi connectivity index (χ0n) is 10.4. The summed E-state index contributed by atoms with van der Waals surface area (Å²) in [5.74, 6) is -0.333. The molecular weight excluding hydrogens is 230 g/mol. The molecule has 1 N–H and O–H groups in total. The van der Waals surface area contributed by atoms with E-state index in [1.807, 2.05) is 6.07 Å². The van der Waals surface area contributed by atoms with Crippen molar-refractivity contribution in [2.75, 3.05) is 6.61 Å². The molecule has 1 aromatic rings. The second-order valence-electron chi connectivity index (χ2n) is 3.72. The van der Waals surface area contributed by atoms with Crippen LogP contribution in [0.4, 0.5) is 0 Å². The third-order valence-corrected chi connectivity index (χ3v) is 2.35. The number of rotatable bonds is 6. The monoisotopic (exact) mass is 247 g/mol. The minimum Gasteiger partial charge on any atom is -0.466 e. The predicted octanol–water partition coefficient (Wildman–Crippen LogP) is 2.18. The maximum Gasteiger partial charge on any atom is 0.302 e. The molecule has 4 nitrogen and oxygen atoms in total. The zero-order valence-corrected chi connectivity index (χ0v) is 10.4. The summed E-state index contributed by atoms with van der Waals surface area (Å²) < 4.78 is 4.86. The van der Waals surface area contributed by atoms with Crippen LogP contribution in [0.25, 0.3) is 0 Å². The first kappa shape index (κ1) is 14.1. The van der Waals surface area contributed by atoms with Gasteiger partial charge in [0.15, 0.2) is 0 Å². The lowest BCUT2D eigenvalue weighted by Gasteiger charge is -2.14. The number of hydrogen-bond donors (Lipinski definition) is 1. The molecule has 0 saturated carbocycles. The molecule has 96 valence electrons. The molecule has 0 fully saturated rings. The summed E-state index contributed by atoms with van der Waals surface area (Å²) in [5, 5.41) is 10.2. The summed E-state index contributed by atoms with van der Waals surface area (Å²) in [6, 6.07) is 5.34. The van der Waals surface area contributed by atoms with Crippen LogP contribution in [0.15, 0.2) is 48.7 Å². The second-order valence-corrected chi connectivity index (χ2v) is 3.72. The number of esters is 1. The lowest BCUT2D eigenvalue weighted by molar-refractivity contribution is -0.140. The highest BCUT2D eigenvalue weighted by Gasteiger charge is 2.14. The lowest BCUT2D eigenvalue weighted by Crippen LogP contribution is -2.08. The smallest absolute Gasteiger partial charge is 0.302 e. The average molecular weight is 247 g/mol. The van der Waals surface area contributed by atoms with E-state index in [1.54, 1.807) is 30.5 Å². The van der Waals surface area contributed by atoms with Crippen LogP contribution >= 0.6 is 0 Å². The number of nitrogens with zero attached hydrogens (tertiary/aromatic N) is 1. The third-order valence-electron chi connectivity index (χ3n) is 2.35. The van der Waals surface area contributed by atoms with Crippen molar-refractivity contribution in [1.29, 1.82) is 0 Å². The van der Waals surface area contributed by atoms with Gasteiger partial charge in [0.2, 0.25) is 0 Å². The van der Waals surface area contributed by atoms with Crippen LogP contribution in [0.1, 0.15) is 25.1 Å². The van der Waals surface area contributed by atoms with E-state index in [9.17, 15) is 9.90 Å². The molecule has 1 rings (SSSR count). The highest BCUT2D eigenvalue weighted by atomic mass is 16.5. The molecule has 0 spiro atoms. The van der Waals surface area contributed by atoms with E-state index < -0.39 is 6.10 Å². The minimum absolute atomic E-state index is 0.235. The van der Waals surface area contributed by atoms with E-state index >= 15 is 0 Å². The molecule has 0 aromatic carbocycles. The molecule has 0 amide bonds. The maximum atomic E-state index is 10.7. The fraction of sp³-hybridized carbons (Fsp3) is 0.286. The third kappa shape index (κ3) is 4.51. The fourth-order valence-electron chi connectivity index (χ4n) is 1.50. The molecule has 0 aliphatic carbocycles. The first-order chi connectivity index (χ1) is 8.65. The van der Waals surface area contributed by atoms with Gasteiger partial charge in [-0.1, -0.05) is 24.8 Å². The largest absolute Gasteiger partial charge is 0.466 e. The Morgan fingerprint density at radius 3 is 2.94 bits per heavy atom. The van der Waals surface area contributed by atoms with Crippen molar-refractivity contribution in [1.82, 2.24) is 4.98 Å². The molecule has 1 aromatic heterocycles. The summed E-state index contributed by atoms with van der Waals surface area (Å²) in [7, 11) is 0. The molecule has 18 heavy (non-hydrogen) atoms. The van der Waals surface area contributed by atoms with E-state index in [1.165, 1.54) is 6.92 Å². The van der Waals surface area contributed by atoms with Crippen LogP contribution in [-0.4, -0.2) is 22.7 Å². The van der Waals surface area contributed by atoms with Gasteiger partial charge in [-0.05, 0) is 17.7 Å². The van der Waals surface area contributed by atoms with Gasteiger partial charge in [0, 0.05) is 19.5 Å². The Balaban J connectivity index is 2.70. The van der Waals surface area contributed by atoms with E-state index in [-0.39, 0.29) is 12.6 Å². The average Bonchev–Trinajstić information content (AvgIpc) is 2.37. The van der Waals surface area contributed by atoms with E-state index in [4.69, 9.17) is 4.74 Å². The summed E-state index contributed by atoms with van der Waals surface area (Å²) in [4.78, 5) is 14.8. The van der Waals surface area contributed by atoms with Crippen LogP contribution in [0.2, 0.25) is 0 Å². The normalized spacial score (nSPS) is 12.9. The van der Waals surface area contributed by atoms with Gasteiger partial charge >= 0.3 is 5.97 Å². The van der Waals surface area contributed by atoms with E-state index in [0.717, 1.165) is 0 Å². The molecule has 0 aliphatic heterocycles. The maximum absolute atomic E-state index is 10.7. The molecule has 0 saturated heterocycles. The molecule has 4 heteroatoms. The Labute approximate surface area is 107 Å². The summed E-state index contributed by atoms with van der Waals surface area (Å²) in [6.07, 6.45) is 4.57. The molecule has 0 bridgehead atoms. The van der Waals surface area contributed by atoms with Gasteiger partial charge in [0.05, 0.1) is 12.3 Å². The van der Waals surface area contributed by atoms with Crippen LogP contribution in [0, 0.1) is 0 Å². The number of aliphatic hydroxyl groups excluding tert-OH is 1. The topological polar surface area (TPSA) is 59.4 Å². The van der Waals surface area contributed by atoms with Crippen molar-refractivity contribution in [2.45, 2.75) is 19.4 Å². The number of carbonyl (C=O) groups excluding carboxylic acids is 1. The highest BCUT2D eigenvalue weighted by molar-refractivity contribution is 5.65. The molecule has 1 atom stereocenters.